The molecule has 4 heteroatoms. The Labute approximate surface area is 140 Å². The number of ether oxygens (including phenoxy) is 1. The minimum atomic E-state index is -0.369. The van der Waals surface area contributed by atoms with Crippen molar-refractivity contribution in [1.82, 2.24) is 4.57 Å². The van der Waals surface area contributed by atoms with Crippen molar-refractivity contribution in [2.45, 2.75) is 13.5 Å². The van der Waals surface area contributed by atoms with Gasteiger partial charge >= 0.3 is 5.97 Å². The number of phenolic OH excluding ortho intramolecular Hbond substituents is 1. The number of phenols is 1. The predicted molar refractivity (Wildman–Crippen MR) is 92.8 cm³/mol. The van der Waals surface area contributed by atoms with Crippen LogP contribution in [-0.4, -0.2) is 15.6 Å². The first kappa shape index (κ1) is 15.9. The fraction of sp³-hybridized carbons (Fsp3) is 0.150. The van der Waals surface area contributed by atoms with Gasteiger partial charge in [-0.2, -0.15) is 0 Å². The number of esters is 1. The van der Waals surface area contributed by atoms with Gasteiger partial charge < -0.3 is 14.4 Å². The molecule has 0 saturated carbocycles. The molecule has 24 heavy (non-hydrogen) atoms. The van der Waals surface area contributed by atoms with Gasteiger partial charge in [-0.1, -0.05) is 49.4 Å². The lowest BCUT2D eigenvalue weighted by Gasteiger charge is -2.12. The van der Waals surface area contributed by atoms with Gasteiger partial charge in [0.1, 0.15) is 0 Å². The molecular weight excluding hydrogens is 302 g/mol. The maximum absolute atomic E-state index is 12.2. The Morgan fingerprint density at radius 3 is 2.50 bits per heavy atom. The van der Waals surface area contributed by atoms with Crippen LogP contribution in [0, 0.1) is 5.92 Å². The van der Waals surface area contributed by atoms with Gasteiger partial charge in [-0.15, -0.1) is 0 Å². The van der Waals surface area contributed by atoms with E-state index in [0.717, 1.165) is 11.1 Å². The summed E-state index contributed by atoms with van der Waals surface area (Å²) in [6.45, 7) is 2.32. The molecule has 0 amide bonds. The molecule has 1 aromatic heterocycles. The Balaban J connectivity index is 1.65. The largest absolute Gasteiger partial charge is 0.504 e. The number of rotatable bonds is 5. The lowest BCUT2D eigenvalue weighted by atomic mass is 10.1. The number of hydrogen-bond acceptors (Lipinski definition) is 3. The Morgan fingerprint density at radius 1 is 1.04 bits per heavy atom. The van der Waals surface area contributed by atoms with Crippen LogP contribution in [0.3, 0.4) is 0 Å². The van der Waals surface area contributed by atoms with Crippen LogP contribution in [0.4, 0.5) is 0 Å². The first-order chi connectivity index (χ1) is 11.6. The van der Waals surface area contributed by atoms with Crippen LogP contribution >= 0.6 is 0 Å². The smallest absolute Gasteiger partial charge is 0.315 e. The standard InChI is InChI=1S/C20H19NO3/c1-15(20(23)24-19-10-6-5-9-18(19)22)13-21-12-11-17(14-21)16-7-3-2-4-8-16/h2-12,14-15,22H,13H2,1H3/t15-/m0/s1. The highest BCUT2D eigenvalue weighted by atomic mass is 16.5. The summed E-state index contributed by atoms with van der Waals surface area (Å²) < 4.78 is 7.24. The van der Waals surface area contributed by atoms with Crippen LogP contribution < -0.4 is 4.74 Å². The van der Waals surface area contributed by atoms with Crippen LogP contribution in [0.25, 0.3) is 11.1 Å². The third-order valence-electron chi connectivity index (χ3n) is 3.82. The van der Waals surface area contributed by atoms with Crippen LogP contribution in [0.1, 0.15) is 6.92 Å². The number of para-hydroxylation sites is 2. The second-order valence-corrected chi connectivity index (χ2v) is 5.75. The molecule has 1 atom stereocenters. The summed E-state index contributed by atoms with van der Waals surface area (Å²) in [5.41, 5.74) is 2.25. The number of carbonyl (C=O) groups is 1. The van der Waals surface area contributed by atoms with Crippen molar-refractivity contribution in [3.8, 4) is 22.6 Å². The Hall–Kier alpha value is -3.01. The summed E-state index contributed by atoms with van der Waals surface area (Å²) in [6, 6.07) is 18.6. The van der Waals surface area contributed by atoms with E-state index in [-0.39, 0.29) is 23.4 Å². The molecule has 3 aromatic rings. The average molecular weight is 321 g/mol. The first-order valence-corrected chi connectivity index (χ1v) is 7.84. The van der Waals surface area contributed by atoms with Crippen molar-refractivity contribution in [2.24, 2.45) is 5.92 Å². The molecule has 0 saturated heterocycles. The van der Waals surface area contributed by atoms with Crippen LogP contribution in [0.2, 0.25) is 0 Å². The quantitative estimate of drug-likeness (QED) is 0.568. The molecule has 0 unspecified atom stereocenters. The lowest BCUT2D eigenvalue weighted by Crippen LogP contribution is -2.22. The highest BCUT2D eigenvalue weighted by molar-refractivity contribution is 5.75. The molecule has 1 heterocycles. The maximum atomic E-state index is 12.2. The zero-order valence-corrected chi connectivity index (χ0v) is 13.4. The van der Waals surface area contributed by atoms with E-state index >= 15 is 0 Å². The zero-order valence-electron chi connectivity index (χ0n) is 13.4. The molecule has 2 aromatic carbocycles. The van der Waals surface area contributed by atoms with Gasteiger partial charge in [-0.3, -0.25) is 4.79 Å². The summed E-state index contributed by atoms with van der Waals surface area (Å²) in [5, 5.41) is 9.68. The van der Waals surface area contributed by atoms with Crippen LogP contribution in [0.15, 0.2) is 73.1 Å². The molecule has 0 aliphatic rings. The summed E-state index contributed by atoms with van der Waals surface area (Å²) >= 11 is 0. The fourth-order valence-electron chi connectivity index (χ4n) is 2.50. The Kier molecular flexibility index (Phi) is 4.66. The topological polar surface area (TPSA) is 51.5 Å². The molecule has 0 bridgehead atoms. The van der Waals surface area contributed by atoms with Gasteiger partial charge in [-0.25, -0.2) is 0 Å². The summed E-state index contributed by atoms with van der Waals surface area (Å²) in [6.07, 6.45) is 3.96. The molecule has 0 spiro atoms. The third kappa shape index (κ3) is 3.66. The van der Waals surface area contributed by atoms with Gasteiger partial charge in [0.2, 0.25) is 0 Å². The van der Waals surface area contributed by atoms with Crippen molar-refractivity contribution in [3.63, 3.8) is 0 Å². The van der Waals surface area contributed by atoms with E-state index in [2.05, 4.69) is 12.1 Å². The highest BCUT2D eigenvalue weighted by Gasteiger charge is 2.17. The third-order valence-corrected chi connectivity index (χ3v) is 3.82. The number of carbonyl (C=O) groups excluding carboxylic acids is 1. The summed E-state index contributed by atoms with van der Waals surface area (Å²) in [4.78, 5) is 12.2. The van der Waals surface area contributed by atoms with E-state index in [1.54, 1.807) is 18.2 Å². The fourth-order valence-corrected chi connectivity index (χ4v) is 2.50. The SMILES string of the molecule is C[C@@H](Cn1ccc(-c2ccccc2)c1)C(=O)Oc1ccccc1O. The first-order valence-electron chi connectivity index (χ1n) is 7.84. The van der Waals surface area contributed by atoms with E-state index in [9.17, 15) is 9.90 Å². The van der Waals surface area contributed by atoms with Crippen LogP contribution in [-0.2, 0) is 11.3 Å². The minimum Gasteiger partial charge on any atom is -0.504 e. The number of nitrogens with zero attached hydrogens (tertiary/aromatic N) is 1. The van der Waals surface area contributed by atoms with Gasteiger partial charge in [0.15, 0.2) is 11.5 Å². The molecule has 0 aliphatic carbocycles. The molecule has 122 valence electrons. The molecular formula is C20H19NO3. The maximum Gasteiger partial charge on any atom is 0.315 e. The van der Waals surface area contributed by atoms with E-state index in [4.69, 9.17) is 4.74 Å². The van der Waals surface area contributed by atoms with Gasteiger partial charge in [0.25, 0.3) is 0 Å². The van der Waals surface area contributed by atoms with E-state index in [1.165, 1.54) is 6.07 Å². The normalized spacial score (nSPS) is 11.9. The van der Waals surface area contributed by atoms with Crippen molar-refractivity contribution in [1.29, 1.82) is 0 Å². The summed E-state index contributed by atoms with van der Waals surface area (Å²) in [5.74, 6) is -0.552. The monoisotopic (exact) mass is 321 g/mol. The van der Waals surface area contributed by atoms with Gasteiger partial charge in [0, 0.05) is 18.9 Å². The number of aromatic nitrogens is 1. The minimum absolute atomic E-state index is 0.0367. The number of aromatic hydroxyl groups is 1. The zero-order chi connectivity index (χ0) is 16.9. The summed E-state index contributed by atoms with van der Waals surface area (Å²) in [7, 11) is 0. The molecule has 4 nitrogen and oxygen atoms in total. The van der Waals surface area contributed by atoms with E-state index in [1.807, 2.05) is 48.1 Å². The number of benzene rings is 2. The predicted octanol–water partition coefficient (Wildman–Crippen LogP) is 4.10. The van der Waals surface area contributed by atoms with Crippen molar-refractivity contribution >= 4 is 5.97 Å². The van der Waals surface area contributed by atoms with Crippen molar-refractivity contribution < 1.29 is 14.6 Å². The second kappa shape index (κ2) is 7.04. The van der Waals surface area contributed by atoms with Crippen molar-refractivity contribution in [3.05, 3.63) is 73.1 Å². The molecule has 3 rings (SSSR count). The van der Waals surface area contributed by atoms with Crippen molar-refractivity contribution in [2.75, 3.05) is 0 Å². The molecule has 0 radical (unpaired) electrons. The van der Waals surface area contributed by atoms with Gasteiger partial charge in [0.05, 0.1) is 5.92 Å². The Bertz CT molecular complexity index is 824. The second-order valence-electron chi connectivity index (χ2n) is 5.75. The number of hydrogen-bond donors (Lipinski definition) is 1. The lowest BCUT2D eigenvalue weighted by molar-refractivity contribution is -0.138. The average Bonchev–Trinajstić information content (AvgIpc) is 3.06. The van der Waals surface area contributed by atoms with E-state index < -0.39 is 0 Å². The van der Waals surface area contributed by atoms with E-state index in [0.29, 0.717) is 6.54 Å². The van der Waals surface area contributed by atoms with Crippen LogP contribution in [0.5, 0.6) is 11.5 Å². The Morgan fingerprint density at radius 2 is 1.75 bits per heavy atom. The molecule has 0 fully saturated rings. The molecule has 1 N–H and O–H groups in total. The van der Waals surface area contributed by atoms with Gasteiger partial charge in [-0.05, 0) is 29.3 Å². The molecule has 0 aliphatic heterocycles. The highest BCUT2D eigenvalue weighted by Crippen LogP contribution is 2.25.